The first-order chi connectivity index (χ1) is 34.2. The zero-order valence-electron chi connectivity index (χ0n) is 37.3. The number of rotatable bonds is 4. The van der Waals surface area contributed by atoms with Crippen LogP contribution >= 0.6 is 0 Å². The molecule has 69 heavy (non-hydrogen) atoms. The number of hydrogen-bond acceptors (Lipinski definition) is 1. The molecule has 0 saturated carbocycles. The Hall–Kier alpha value is -9.32. The van der Waals surface area contributed by atoms with Gasteiger partial charge in [-0.25, -0.2) is 0 Å². The Morgan fingerprint density at radius 2 is 0.739 bits per heavy atom. The van der Waals surface area contributed by atoms with E-state index in [9.17, 15) is 0 Å². The SMILES string of the molecule is c1ccc(-n2c3ccc4cc3c3cc(ccc32)n(-c2ccc3c(c2)c2ccccc2n3-c2cccc3ccccc23)c2cccc(c2)c2cccc(c2)n4-c2ccc3c(c2)oc2ccccc23)cc1. The van der Waals surface area contributed by atoms with Crippen LogP contribution in [0.15, 0.2) is 247 Å². The number of para-hydroxylation sites is 3. The molecular weight excluding hydrogens is 841 g/mol. The summed E-state index contributed by atoms with van der Waals surface area (Å²) in [6.07, 6.45) is 0. The molecule has 4 aromatic heterocycles. The first kappa shape index (κ1) is 37.9. The third-order valence-corrected chi connectivity index (χ3v) is 14.3. The summed E-state index contributed by atoms with van der Waals surface area (Å²) in [5.74, 6) is 0. The Morgan fingerprint density at radius 3 is 1.49 bits per heavy atom. The van der Waals surface area contributed by atoms with Gasteiger partial charge in [-0.1, -0.05) is 115 Å². The second-order valence-corrected chi connectivity index (χ2v) is 18.2. The maximum Gasteiger partial charge on any atom is 0.137 e. The van der Waals surface area contributed by atoms with Crippen molar-refractivity contribution in [1.29, 1.82) is 0 Å². The van der Waals surface area contributed by atoms with E-state index in [-0.39, 0.29) is 0 Å². The van der Waals surface area contributed by atoms with Crippen molar-refractivity contribution in [2.24, 2.45) is 0 Å². The van der Waals surface area contributed by atoms with Crippen molar-refractivity contribution in [3.63, 3.8) is 0 Å². The van der Waals surface area contributed by atoms with Crippen molar-refractivity contribution in [2.45, 2.75) is 0 Å². The Labute approximate surface area is 395 Å². The molecule has 0 amide bonds. The average molecular weight is 881 g/mol. The molecule has 0 saturated heterocycles. The second kappa shape index (κ2) is 14.6. The van der Waals surface area contributed by atoms with Crippen LogP contribution in [0, 0.1) is 0 Å². The van der Waals surface area contributed by atoms with Gasteiger partial charge in [-0.2, -0.15) is 0 Å². The second-order valence-electron chi connectivity index (χ2n) is 18.2. The van der Waals surface area contributed by atoms with Gasteiger partial charge in [0.2, 0.25) is 0 Å². The Balaban J connectivity index is 1.06. The van der Waals surface area contributed by atoms with Gasteiger partial charge in [0.25, 0.3) is 0 Å². The van der Waals surface area contributed by atoms with Crippen LogP contribution < -0.4 is 0 Å². The lowest BCUT2D eigenvalue weighted by molar-refractivity contribution is 0.668. The molecule has 0 spiro atoms. The van der Waals surface area contributed by atoms with Crippen LogP contribution in [0.4, 0.5) is 0 Å². The standard InChI is InChI=1S/C64H40N4O/c1-2-17-44(18-3-1)67-60-32-28-48-38-56(60)57-39-49(29-33-61(57)67)66(50-27-31-54-53-23-7-9-26-63(53)69-64(54)40-50)46-20-11-16-43(36-46)42-15-10-19-45(35-42)65(48)47-30-34-62-55(37-47)52-22-6-8-24-59(52)68(62)58-25-12-14-41-13-4-5-21-51(41)58/h1-40H. The molecule has 8 bridgehead atoms. The zero-order valence-corrected chi connectivity index (χ0v) is 37.3. The molecular formula is C64H40N4O. The van der Waals surface area contributed by atoms with Crippen LogP contribution in [0.1, 0.15) is 0 Å². The van der Waals surface area contributed by atoms with E-state index in [0.29, 0.717) is 0 Å². The maximum atomic E-state index is 6.50. The van der Waals surface area contributed by atoms with Gasteiger partial charge in [0.15, 0.2) is 0 Å². The van der Waals surface area contributed by atoms with Crippen molar-refractivity contribution in [2.75, 3.05) is 0 Å². The largest absolute Gasteiger partial charge is 0.456 e. The third kappa shape index (κ3) is 5.71. The van der Waals surface area contributed by atoms with Gasteiger partial charge in [-0.15, -0.1) is 0 Å². The van der Waals surface area contributed by atoms with E-state index in [4.69, 9.17) is 4.42 Å². The van der Waals surface area contributed by atoms with Crippen LogP contribution in [-0.4, -0.2) is 18.3 Å². The number of fused-ring (bicyclic) bond motifs is 14. The van der Waals surface area contributed by atoms with Gasteiger partial charge < -0.3 is 22.7 Å². The van der Waals surface area contributed by atoms with E-state index < -0.39 is 0 Å². The van der Waals surface area contributed by atoms with Crippen LogP contribution in [-0.2, 0) is 0 Å². The predicted octanol–water partition coefficient (Wildman–Crippen LogP) is 17.1. The summed E-state index contributed by atoms with van der Waals surface area (Å²) in [7, 11) is 0. The molecule has 0 atom stereocenters. The number of hydrogen-bond donors (Lipinski definition) is 0. The summed E-state index contributed by atoms with van der Waals surface area (Å²) in [6, 6.07) is 88.6. The fourth-order valence-corrected chi connectivity index (χ4v) is 11.3. The van der Waals surface area contributed by atoms with Crippen molar-refractivity contribution < 1.29 is 4.42 Å². The number of benzene rings is 11. The van der Waals surface area contributed by atoms with Crippen molar-refractivity contribution in [3.05, 3.63) is 243 Å². The van der Waals surface area contributed by atoms with E-state index in [1.807, 2.05) is 12.1 Å². The summed E-state index contributed by atoms with van der Waals surface area (Å²) in [5.41, 5.74) is 15.1. The molecule has 15 aromatic rings. The van der Waals surface area contributed by atoms with E-state index in [1.165, 1.54) is 49.0 Å². The highest BCUT2D eigenvalue weighted by Gasteiger charge is 2.18. The molecule has 0 aliphatic carbocycles. The van der Waals surface area contributed by atoms with E-state index in [0.717, 1.165) is 82.9 Å². The quantitative estimate of drug-likeness (QED) is 0.173. The minimum absolute atomic E-state index is 0.861. The van der Waals surface area contributed by atoms with Gasteiger partial charge in [0, 0.05) is 82.9 Å². The highest BCUT2D eigenvalue weighted by Crippen LogP contribution is 2.39. The van der Waals surface area contributed by atoms with Crippen LogP contribution in [0.25, 0.3) is 132 Å². The zero-order chi connectivity index (χ0) is 45.2. The Kier molecular flexibility index (Phi) is 8.00. The molecule has 0 radical (unpaired) electrons. The van der Waals surface area contributed by atoms with Crippen molar-refractivity contribution in [1.82, 2.24) is 18.3 Å². The van der Waals surface area contributed by atoms with Crippen LogP contribution in [0.3, 0.4) is 0 Å². The first-order valence-corrected chi connectivity index (χ1v) is 23.6. The number of furan rings is 1. The molecule has 0 aliphatic rings. The third-order valence-electron chi connectivity index (χ3n) is 14.3. The average Bonchev–Trinajstić information content (AvgIpc) is 4.06. The molecule has 0 N–H and O–H groups in total. The molecule has 5 heteroatoms. The van der Waals surface area contributed by atoms with Crippen LogP contribution in [0.5, 0.6) is 0 Å². The lowest BCUT2D eigenvalue weighted by Crippen LogP contribution is -1.98. The van der Waals surface area contributed by atoms with Crippen molar-refractivity contribution >= 4 is 109 Å². The molecule has 5 nitrogen and oxygen atoms in total. The number of aromatic nitrogens is 4. The van der Waals surface area contributed by atoms with Gasteiger partial charge in [0.1, 0.15) is 11.2 Å². The maximum absolute atomic E-state index is 6.50. The highest BCUT2D eigenvalue weighted by atomic mass is 16.3. The van der Waals surface area contributed by atoms with Gasteiger partial charge in [0.05, 0.1) is 27.8 Å². The fourth-order valence-electron chi connectivity index (χ4n) is 11.3. The summed E-state index contributed by atoms with van der Waals surface area (Å²) in [4.78, 5) is 0. The van der Waals surface area contributed by atoms with E-state index in [1.54, 1.807) is 0 Å². The van der Waals surface area contributed by atoms with Crippen molar-refractivity contribution in [3.8, 4) is 22.7 Å². The summed E-state index contributed by atoms with van der Waals surface area (Å²) >= 11 is 0. The van der Waals surface area contributed by atoms with E-state index >= 15 is 0 Å². The lowest BCUT2D eigenvalue weighted by Gasteiger charge is -2.14. The predicted molar refractivity (Wildman–Crippen MR) is 289 cm³/mol. The summed E-state index contributed by atoms with van der Waals surface area (Å²) in [5, 5.41) is 11.7. The Morgan fingerprint density at radius 1 is 0.232 bits per heavy atom. The normalized spacial score (nSPS) is 12.1. The van der Waals surface area contributed by atoms with Crippen LogP contribution in [0.2, 0.25) is 0 Å². The van der Waals surface area contributed by atoms with Gasteiger partial charge in [-0.3, -0.25) is 0 Å². The molecule has 15 rings (SSSR count). The Bertz CT molecular complexity index is 4670. The minimum Gasteiger partial charge on any atom is -0.456 e. The monoisotopic (exact) mass is 880 g/mol. The molecule has 11 aromatic carbocycles. The topological polar surface area (TPSA) is 32.9 Å². The molecule has 322 valence electrons. The highest BCUT2D eigenvalue weighted by molar-refractivity contribution is 6.14. The first-order valence-electron chi connectivity index (χ1n) is 23.6. The smallest absolute Gasteiger partial charge is 0.137 e. The minimum atomic E-state index is 0.861. The van der Waals surface area contributed by atoms with E-state index in [2.05, 4.69) is 249 Å². The van der Waals surface area contributed by atoms with Gasteiger partial charge in [-0.05, 0) is 137 Å². The number of nitrogens with zero attached hydrogens (tertiary/aromatic N) is 4. The molecule has 0 aliphatic heterocycles. The lowest BCUT2D eigenvalue weighted by atomic mass is 10.1. The molecule has 4 heterocycles. The van der Waals surface area contributed by atoms with Gasteiger partial charge >= 0.3 is 0 Å². The molecule has 0 unspecified atom stereocenters. The fraction of sp³-hybridized carbons (Fsp3) is 0. The summed E-state index contributed by atoms with van der Waals surface area (Å²) < 4.78 is 16.2. The molecule has 0 fully saturated rings. The summed E-state index contributed by atoms with van der Waals surface area (Å²) in [6.45, 7) is 0.